The second kappa shape index (κ2) is 4.73. The molecule has 0 atom stereocenters. The third kappa shape index (κ3) is 2.30. The molecule has 2 heterocycles. The van der Waals surface area contributed by atoms with Crippen LogP contribution in [-0.4, -0.2) is 32.3 Å². The molecule has 0 saturated heterocycles. The molecular formula is C11H12N4O2. The van der Waals surface area contributed by atoms with Gasteiger partial charge in [0, 0.05) is 19.4 Å². The first-order valence-corrected chi connectivity index (χ1v) is 5.21. The van der Waals surface area contributed by atoms with E-state index in [0.29, 0.717) is 12.4 Å². The number of carbonyl (C=O) groups is 1. The van der Waals surface area contributed by atoms with E-state index in [-0.39, 0.29) is 5.69 Å². The molecule has 88 valence electrons. The maximum absolute atomic E-state index is 11.5. The quantitative estimate of drug-likeness (QED) is 0.740. The highest BCUT2D eigenvalue weighted by molar-refractivity contribution is 5.87. The number of esters is 1. The summed E-state index contributed by atoms with van der Waals surface area (Å²) in [5, 5.41) is 4.02. The average molecular weight is 232 g/mol. The van der Waals surface area contributed by atoms with Crippen molar-refractivity contribution in [2.45, 2.75) is 6.92 Å². The summed E-state index contributed by atoms with van der Waals surface area (Å²) in [6, 6.07) is 3.31. The van der Waals surface area contributed by atoms with Crippen LogP contribution in [0.1, 0.15) is 17.4 Å². The molecule has 0 aliphatic heterocycles. The Morgan fingerprint density at radius 1 is 1.41 bits per heavy atom. The van der Waals surface area contributed by atoms with Crippen LogP contribution < -0.4 is 0 Å². The lowest BCUT2D eigenvalue weighted by Gasteiger charge is -2.03. The molecule has 0 aromatic carbocycles. The lowest BCUT2D eigenvalue weighted by molar-refractivity contribution is 0.0519. The third-order valence-electron chi connectivity index (χ3n) is 2.19. The average Bonchev–Trinajstić information content (AvgIpc) is 2.76. The zero-order valence-electron chi connectivity index (χ0n) is 9.62. The van der Waals surface area contributed by atoms with Crippen LogP contribution in [0.2, 0.25) is 0 Å². The van der Waals surface area contributed by atoms with Crippen molar-refractivity contribution in [1.29, 1.82) is 0 Å². The molecule has 0 unspecified atom stereocenters. The van der Waals surface area contributed by atoms with Gasteiger partial charge in [-0.15, -0.1) is 0 Å². The van der Waals surface area contributed by atoms with Gasteiger partial charge in [0.2, 0.25) is 0 Å². The molecule has 0 aliphatic carbocycles. The molecule has 0 bridgehead atoms. The molecule has 17 heavy (non-hydrogen) atoms. The normalized spacial score (nSPS) is 10.2. The number of aryl methyl sites for hydroxylation is 1. The minimum absolute atomic E-state index is 0.248. The number of rotatable bonds is 3. The van der Waals surface area contributed by atoms with Crippen molar-refractivity contribution in [2.24, 2.45) is 7.05 Å². The molecule has 0 radical (unpaired) electrons. The molecule has 0 amide bonds. The van der Waals surface area contributed by atoms with Gasteiger partial charge in [-0.05, 0) is 19.1 Å². The minimum atomic E-state index is -0.446. The van der Waals surface area contributed by atoms with E-state index in [4.69, 9.17) is 4.74 Å². The Morgan fingerprint density at radius 3 is 2.88 bits per heavy atom. The van der Waals surface area contributed by atoms with E-state index < -0.39 is 5.97 Å². The van der Waals surface area contributed by atoms with Crippen LogP contribution in [0.25, 0.3) is 11.5 Å². The van der Waals surface area contributed by atoms with E-state index in [1.165, 1.54) is 12.3 Å². The SMILES string of the molecule is CCOC(=O)c1ccnc(-c2ccnn2C)n1. The Labute approximate surface area is 98.3 Å². The topological polar surface area (TPSA) is 69.9 Å². The van der Waals surface area contributed by atoms with Crippen molar-refractivity contribution < 1.29 is 9.53 Å². The molecule has 2 aromatic rings. The van der Waals surface area contributed by atoms with Gasteiger partial charge in [-0.25, -0.2) is 14.8 Å². The van der Waals surface area contributed by atoms with Crippen molar-refractivity contribution in [3.8, 4) is 11.5 Å². The summed E-state index contributed by atoms with van der Waals surface area (Å²) in [4.78, 5) is 19.8. The number of aromatic nitrogens is 4. The van der Waals surface area contributed by atoms with Crippen LogP contribution >= 0.6 is 0 Å². The highest BCUT2D eigenvalue weighted by Gasteiger charge is 2.12. The Kier molecular flexibility index (Phi) is 3.13. The minimum Gasteiger partial charge on any atom is -0.461 e. The van der Waals surface area contributed by atoms with Crippen LogP contribution in [0.3, 0.4) is 0 Å². The van der Waals surface area contributed by atoms with Gasteiger partial charge in [-0.1, -0.05) is 0 Å². The van der Waals surface area contributed by atoms with Gasteiger partial charge < -0.3 is 4.74 Å². The van der Waals surface area contributed by atoms with Crippen LogP contribution in [-0.2, 0) is 11.8 Å². The van der Waals surface area contributed by atoms with Gasteiger partial charge in [0.15, 0.2) is 11.5 Å². The van der Waals surface area contributed by atoms with Gasteiger partial charge in [0.25, 0.3) is 0 Å². The van der Waals surface area contributed by atoms with Crippen LogP contribution in [0, 0.1) is 0 Å². The fraction of sp³-hybridized carbons (Fsp3) is 0.273. The lowest BCUT2D eigenvalue weighted by atomic mass is 10.3. The van der Waals surface area contributed by atoms with Crippen LogP contribution in [0.4, 0.5) is 0 Å². The zero-order chi connectivity index (χ0) is 12.3. The molecule has 2 rings (SSSR count). The number of hydrogen-bond acceptors (Lipinski definition) is 5. The first-order valence-electron chi connectivity index (χ1n) is 5.21. The zero-order valence-corrected chi connectivity index (χ0v) is 9.62. The Bertz CT molecular complexity index is 536. The monoisotopic (exact) mass is 232 g/mol. The molecule has 0 saturated carbocycles. The highest BCUT2D eigenvalue weighted by Crippen LogP contribution is 2.12. The molecule has 2 aromatic heterocycles. The van der Waals surface area contributed by atoms with Crippen LogP contribution in [0.15, 0.2) is 24.5 Å². The second-order valence-electron chi connectivity index (χ2n) is 3.33. The van der Waals surface area contributed by atoms with Crippen molar-refractivity contribution in [2.75, 3.05) is 6.61 Å². The number of hydrogen-bond donors (Lipinski definition) is 0. The van der Waals surface area contributed by atoms with Crippen molar-refractivity contribution in [1.82, 2.24) is 19.7 Å². The summed E-state index contributed by atoms with van der Waals surface area (Å²) in [5.41, 5.74) is 0.995. The predicted octanol–water partition coefficient (Wildman–Crippen LogP) is 1.05. The second-order valence-corrected chi connectivity index (χ2v) is 3.33. The number of nitrogens with zero attached hydrogens (tertiary/aromatic N) is 4. The molecular weight excluding hydrogens is 220 g/mol. The Morgan fingerprint density at radius 2 is 2.24 bits per heavy atom. The van der Waals surface area contributed by atoms with E-state index in [1.54, 1.807) is 30.9 Å². The van der Waals surface area contributed by atoms with Gasteiger partial charge >= 0.3 is 5.97 Å². The first-order chi connectivity index (χ1) is 8.22. The van der Waals surface area contributed by atoms with Crippen molar-refractivity contribution >= 4 is 5.97 Å². The number of ether oxygens (including phenoxy) is 1. The molecule has 0 aliphatic rings. The highest BCUT2D eigenvalue weighted by atomic mass is 16.5. The van der Waals surface area contributed by atoms with Gasteiger partial charge in [0.1, 0.15) is 5.69 Å². The van der Waals surface area contributed by atoms with Crippen LogP contribution in [0.5, 0.6) is 0 Å². The van der Waals surface area contributed by atoms with E-state index >= 15 is 0 Å². The van der Waals surface area contributed by atoms with Gasteiger partial charge in [0.05, 0.1) is 6.61 Å². The van der Waals surface area contributed by atoms with E-state index in [9.17, 15) is 4.79 Å². The molecule has 6 nitrogen and oxygen atoms in total. The molecule has 0 N–H and O–H groups in total. The standard InChI is InChI=1S/C11H12N4O2/c1-3-17-11(16)8-4-6-12-10(14-8)9-5-7-13-15(9)2/h4-7H,3H2,1-2H3. The Balaban J connectivity index is 2.35. The fourth-order valence-electron chi connectivity index (χ4n) is 1.39. The first kappa shape index (κ1) is 11.3. The molecule has 6 heteroatoms. The fourth-order valence-corrected chi connectivity index (χ4v) is 1.39. The smallest absolute Gasteiger partial charge is 0.357 e. The van der Waals surface area contributed by atoms with E-state index in [1.807, 2.05) is 0 Å². The van der Waals surface area contributed by atoms with Crippen molar-refractivity contribution in [3.63, 3.8) is 0 Å². The predicted molar refractivity (Wildman–Crippen MR) is 60.2 cm³/mol. The summed E-state index contributed by atoms with van der Waals surface area (Å²) in [6.07, 6.45) is 3.18. The number of carbonyl (C=O) groups excluding carboxylic acids is 1. The third-order valence-corrected chi connectivity index (χ3v) is 2.19. The van der Waals surface area contributed by atoms with Gasteiger partial charge in [-0.2, -0.15) is 5.10 Å². The molecule has 0 spiro atoms. The maximum Gasteiger partial charge on any atom is 0.357 e. The van der Waals surface area contributed by atoms with E-state index in [2.05, 4.69) is 15.1 Å². The molecule has 0 fully saturated rings. The lowest BCUT2D eigenvalue weighted by Crippen LogP contribution is -2.08. The summed E-state index contributed by atoms with van der Waals surface area (Å²) < 4.78 is 6.52. The van der Waals surface area contributed by atoms with E-state index in [0.717, 1.165) is 5.69 Å². The summed E-state index contributed by atoms with van der Waals surface area (Å²) in [5.74, 6) is 0.00821. The summed E-state index contributed by atoms with van der Waals surface area (Å²) >= 11 is 0. The van der Waals surface area contributed by atoms with Gasteiger partial charge in [-0.3, -0.25) is 4.68 Å². The largest absolute Gasteiger partial charge is 0.461 e. The van der Waals surface area contributed by atoms with Crippen molar-refractivity contribution in [3.05, 3.63) is 30.2 Å². The summed E-state index contributed by atoms with van der Waals surface area (Å²) in [6.45, 7) is 2.07. The summed E-state index contributed by atoms with van der Waals surface area (Å²) in [7, 11) is 1.79. The Hall–Kier alpha value is -2.24. The maximum atomic E-state index is 11.5.